The van der Waals surface area contributed by atoms with Crippen LogP contribution in [-0.2, 0) is 13.1 Å². The normalized spacial score (nSPS) is 10.7. The number of nitrogens with one attached hydrogen (secondary N) is 1. The molecule has 114 valence electrons. The van der Waals surface area contributed by atoms with Crippen molar-refractivity contribution in [1.29, 1.82) is 0 Å². The fourth-order valence-electron chi connectivity index (χ4n) is 2.11. The molecule has 1 N–H and O–H groups in total. The molecule has 0 unspecified atom stereocenters. The van der Waals surface area contributed by atoms with Gasteiger partial charge in [-0.1, -0.05) is 21.1 Å². The summed E-state index contributed by atoms with van der Waals surface area (Å²) in [6, 6.07) is 3.87. The van der Waals surface area contributed by atoms with E-state index in [0.29, 0.717) is 18.8 Å². The fraction of sp³-hybridized carbons (Fsp3) is 0.400. The maximum atomic E-state index is 5.32. The monoisotopic (exact) mass is 354 g/mol. The number of benzene rings is 1. The molecule has 0 radical (unpaired) electrons. The Hall–Kier alpha value is -1.53. The van der Waals surface area contributed by atoms with Gasteiger partial charge in [0.2, 0.25) is 0 Å². The summed E-state index contributed by atoms with van der Waals surface area (Å²) in [4.78, 5) is 0. The van der Waals surface area contributed by atoms with Crippen molar-refractivity contribution in [1.82, 2.24) is 10.5 Å². The van der Waals surface area contributed by atoms with Crippen molar-refractivity contribution in [2.75, 3.05) is 14.2 Å². The smallest absolute Gasteiger partial charge is 0.161 e. The van der Waals surface area contributed by atoms with Gasteiger partial charge >= 0.3 is 0 Å². The second-order valence-corrected chi connectivity index (χ2v) is 5.56. The van der Waals surface area contributed by atoms with Crippen molar-refractivity contribution in [2.24, 2.45) is 0 Å². The van der Waals surface area contributed by atoms with Crippen molar-refractivity contribution < 1.29 is 14.0 Å². The van der Waals surface area contributed by atoms with Crippen LogP contribution >= 0.6 is 15.9 Å². The van der Waals surface area contributed by atoms with Gasteiger partial charge in [0.05, 0.1) is 19.9 Å². The van der Waals surface area contributed by atoms with Gasteiger partial charge in [-0.2, -0.15) is 0 Å². The Bertz CT molecular complexity index is 606. The maximum absolute atomic E-state index is 5.32. The summed E-state index contributed by atoms with van der Waals surface area (Å²) in [6.07, 6.45) is 0. The number of aromatic nitrogens is 1. The number of aryl methyl sites for hydroxylation is 2. The molecule has 0 aliphatic carbocycles. The maximum Gasteiger partial charge on any atom is 0.161 e. The summed E-state index contributed by atoms with van der Waals surface area (Å²) < 4.78 is 16.7. The molecule has 0 amide bonds. The molecule has 0 bridgehead atoms. The fourth-order valence-corrected chi connectivity index (χ4v) is 2.57. The summed E-state index contributed by atoms with van der Waals surface area (Å²) in [6.45, 7) is 5.27. The van der Waals surface area contributed by atoms with Crippen LogP contribution in [0.5, 0.6) is 11.5 Å². The molecule has 1 aromatic carbocycles. The molecule has 6 heteroatoms. The van der Waals surface area contributed by atoms with Crippen molar-refractivity contribution >= 4 is 15.9 Å². The molecule has 1 aromatic heterocycles. The second kappa shape index (κ2) is 6.95. The van der Waals surface area contributed by atoms with Crippen LogP contribution in [0.4, 0.5) is 0 Å². The highest BCUT2D eigenvalue weighted by Gasteiger charge is 2.11. The van der Waals surface area contributed by atoms with Crippen LogP contribution in [0.1, 0.15) is 22.6 Å². The molecule has 0 fully saturated rings. The SMILES string of the molecule is COc1cc(Br)c(CNCc2c(C)noc2C)cc1OC. The molecule has 0 atom stereocenters. The zero-order valence-corrected chi connectivity index (χ0v) is 14.2. The Morgan fingerprint density at radius 1 is 1.14 bits per heavy atom. The standard InChI is InChI=1S/C15H19BrN2O3/c1-9-12(10(2)21-18-9)8-17-7-11-5-14(19-3)15(20-4)6-13(11)16/h5-6,17H,7-8H2,1-4H3. The summed E-state index contributed by atoms with van der Waals surface area (Å²) in [5.74, 6) is 2.28. The average molecular weight is 355 g/mol. The van der Waals surface area contributed by atoms with Crippen molar-refractivity contribution in [2.45, 2.75) is 26.9 Å². The number of methoxy groups -OCH3 is 2. The van der Waals surface area contributed by atoms with Crippen molar-refractivity contribution in [3.63, 3.8) is 0 Å². The van der Waals surface area contributed by atoms with Gasteiger partial charge in [-0.05, 0) is 31.5 Å². The molecule has 0 aliphatic heterocycles. The van der Waals surface area contributed by atoms with Gasteiger partial charge in [0.15, 0.2) is 11.5 Å². The Balaban J connectivity index is 2.06. The van der Waals surface area contributed by atoms with E-state index in [1.54, 1.807) is 14.2 Å². The third-order valence-corrected chi connectivity index (χ3v) is 4.09. The lowest BCUT2D eigenvalue weighted by atomic mass is 10.1. The van der Waals surface area contributed by atoms with E-state index in [2.05, 4.69) is 26.4 Å². The molecule has 1 heterocycles. The van der Waals surface area contributed by atoms with Gasteiger partial charge in [0.1, 0.15) is 5.76 Å². The van der Waals surface area contributed by atoms with Crippen molar-refractivity contribution in [3.05, 3.63) is 39.2 Å². The molecule has 0 spiro atoms. The topological polar surface area (TPSA) is 56.5 Å². The minimum Gasteiger partial charge on any atom is -0.493 e. The van der Waals surface area contributed by atoms with Gasteiger partial charge in [-0.3, -0.25) is 0 Å². The van der Waals surface area contributed by atoms with E-state index in [9.17, 15) is 0 Å². The molecule has 2 rings (SSSR count). The first-order valence-electron chi connectivity index (χ1n) is 6.59. The first-order valence-corrected chi connectivity index (χ1v) is 7.39. The van der Waals surface area contributed by atoms with Crippen LogP contribution in [0.25, 0.3) is 0 Å². The predicted molar refractivity (Wildman–Crippen MR) is 83.8 cm³/mol. The van der Waals surface area contributed by atoms with E-state index in [-0.39, 0.29) is 0 Å². The molecule has 0 aliphatic rings. The molecule has 21 heavy (non-hydrogen) atoms. The molecule has 0 saturated heterocycles. The van der Waals surface area contributed by atoms with Gasteiger partial charge in [0, 0.05) is 23.1 Å². The Morgan fingerprint density at radius 2 is 1.81 bits per heavy atom. The van der Waals surface area contributed by atoms with Gasteiger partial charge < -0.3 is 19.3 Å². The molecule has 0 saturated carbocycles. The quantitative estimate of drug-likeness (QED) is 0.861. The van der Waals surface area contributed by atoms with Crippen LogP contribution in [0, 0.1) is 13.8 Å². The minimum absolute atomic E-state index is 0.699. The van der Waals surface area contributed by atoms with E-state index in [1.165, 1.54) is 0 Å². The van der Waals surface area contributed by atoms with Crippen LogP contribution in [0.2, 0.25) is 0 Å². The highest BCUT2D eigenvalue weighted by Crippen LogP contribution is 2.33. The lowest BCUT2D eigenvalue weighted by Gasteiger charge is -2.12. The number of ether oxygens (including phenoxy) is 2. The second-order valence-electron chi connectivity index (χ2n) is 4.70. The first kappa shape index (κ1) is 15.9. The summed E-state index contributed by atoms with van der Waals surface area (Å²) in [7, 11) is 3.26. The van der Waals surface area contributed by atoms with Gasteiger partial charge in [-0.15, -0.1) is 0 Å². The number of nitrogens with zero attached hydrogens (tertiary/aromatic N) is 1. The molecule has 2 aromatic rings. The highest BCUT2D eigenvalue weighted by atomic mass is 79.9. The van der Waals surface area contributed by atoms with Crippen LogP contribution in [0.3, 0.4) is 0 Å². The van der Waals surface area contributed by atoms with E-state index >= 15 is 0 Å². The molecular weight excluding hydrogens is 336 g/mol. The zero-order chi connectivity index (χ0) is 15.4. The largest absolute Gasteiger partial charge is 0.493 e. The number of halogens is 1. The number of hydrogen-bond donors (Lipinski definition) is 1. The highest BCUT2D eigenvalue weighted by molar-refractivity contribution is 9.10. The minimum atomic E-state index is 0.699. The average Bonchev–Trinajstić information content (AvgIpc) is 2.80. The lowest BCUT2D eigenvalue weighted by Crippen LogP contribution is -2.14. The van der Waals surface area contributed by atoms with Crippen LogP contribution in [0.15, 0.2) is 21.1 Å². The third kappa shape index (κ3) is 3.57. The van der Waals surface area contributed by atoms with Crippen LogP contribution < -0.4 is 14.8 Å². The van der Waals surface area contributed by atoms with E-state index in [0.717, 1.165) is 32.8 Å². The third-order valence-electron chi connectivity index (χ3n) is 3.35. The van der Waals surface area contributed by atoms with Gasteiger partial charge in [-0.25, -0.2) is 0 Å². The zero-order valence-electron chi connectivity index (χ0n) is 12.6. The summed E-state index contributed by atoms with van der Waals surface area (Å²) in [5, 5.41) is 7.34. The number of rotatable bonds is 6. The summed E-state index contributed by atoms with van der Waals surface area (Å²) in [5.41, 5.74) is 3.12. The predicted octanol–water partition coefficient (Wildman–Crippen LogP) is 3.36. The summed E-state index contributed by atoms with van der Waals surface area (Å²) >= 11 is 3.55. The lowest BCUT2D eigenvalue weighted by molar-refractivity contribution is 0.354. The first-order chi connectivity index (χ1) is 10.1. The Kier molecular flexibility index (Phi) is 5.25. The van der Waals surface area contributed by atoms with E-state index in [4.69, 9.17) is 14.0 Å². The number of hydrogen-bond acceptors (Lipinski definition) is 5. The molecule has 5 nitrogen and oxygen atoms in total. The van der Waals surface area contributed by atoms with Crippen LogP contribution in [-0.4, -0.2) is 19.4 Å². The Labute approximate surface area is 132 Å². The van der Waals surface area contributed by atoms with Crippen molar-refractivity contribution in [3.8, 4) is 11.5 Å². The van der Waals surface area contributed by atoms with E-state index in [1.807, 2.05) is 26.0 Å². The molecular formula is C15H19BrN2O3. The Morgan fingerprint density at radius 3 is 2.38 bits per heavy atom. The van der Waals surface area contributed by atoms with E-state index < -0.39 is 0 Å². The van der Waals surface area contributed by atoms with Gasteiger partial charge in [0.25, 0.3) is 0 Å².